The minimum absolute atomic E-state index is 0.191. The van der Waals surface area contributed by atoms with Gasteiger partial charge in [-0.3, -0.25) is 0 Å². The van der Waals surface area contributed by atoms with E-state index in [4.69, 9.17) is 4.98 Å². The van der Waals surface area contributed by atoms with Crippen LogP contribution in [0.4, 0.5) is 4.39 Å². The Labute approximate surface area is 134 Å². The van der Waals surface area contributed by atoms with Gasteiger partial charge in [0.05, 0.1) is 11.4 Å². The Hall–Kier alpha value is -0.910. The third-order valence-electron chi connectivity index (χ3n) is 2.94. The van der Waals surface area contributed by atoms with Crippen LogP contribution in [0.25, 0.3) is 0 Å². The molecule has 0 spiro atoms. The van der Waals surface area contributed by atoms with Gasteiger partial charge in [0.2, 0.25) is 0 Å². The molecule has 1 heterocycles. The summed E-state index contributed by atoms with van der Waals surface area (Å²) < 4.78 is 12.9. The molecule has 0 radical (unpaired) electrons. The SMILES string of the molecule is CNCc1sc(CSc2ccc(F)cc2)nc1CC(C)C. The first kappa shape index (κ1) is 16.5. The molecule has 0 amide bonds. The normalized spacial score (nSPS) is 11.3. The van der Waals surface area contributed by atoms with E-state index in [1.165, 1.54) is 22.7 Å². The smallest absolute Gasteiger partial charge is 0.123 e. The van der Waals surface area contributed by atoms with E-state index in [0.717, 1.165) is 28.6 Å². The van der Waals surface area contributed by atoms with Crippen LogP contribution in [0.1, 0.15) is 29.4 Å². The Balaban J connectivity index is 2.03. The third-order valence-corrected chi connectivity index (χ3v) is 5.24. The molecule has 2 aromatic rings. The van der Waals surface area contributed by atoms with Crippen LogP contribution in [0.3, 0.4) is 0 Å². The zero-order chi connectivity index (χ0) is 15.2. The summed E-state index contributed by atoms with van der Waals surface area (Å²) in [7, 11) is 1.96. The van der Waals surface area contributed by atoms with Gasteiger partial charge in [0.15, 0.2) is 0 Å². The quantitative estimate of drug-likeness (QED) is 0.760. The summed E-state index contributed by atoms with van der Waals surface area (Å²) in [5, 5.41) is 4.36. The van der Waals surface area contributed by atoms with Crippen LogP contribution in [0, 0.1) is 11.7 Å². The van der Waals surface area contributed by atoms with E-state index in [9.17, 15) is 4.39 Å². The molecule has 5 heteroatoms. The predicted octanol–water partition coefficient (Wildman–Crippen LogP) is 4.49. The molecule has 0 unspecified atom stereocenters. The average molecular weight is 324 g/mol. The second kappa shape index (κ2) is 7.92. The van der Waals surface area contributed by atoms with Crippen LogP contribution in [0.15, 0.2) is 29.2 Å². The summed E-state index contributed by atoms with van der Waals surface area (Å²) >= 11 is 3.48. The van der Waals surface area contributed by atoms with Crippen molar-refractivity contribution >= 4 is 23.1 Å². The highest BCUT2D eigenvalue weighted by molar-refractivity contribution is 7.98. The molecule has 0 atom stereocenters. The molecule has 0 bridgehead atoms. The number of rotatable bonds is 7. The number of hydrogen-bond donors (Lipinski definition) is 1. The summed E-state index contributed by atoms with van der Waals surface area (Å²) in [4.78, 5) is 7.20. The minimum atomic E-state index is -0.191. The first-order valence-corrected chi connectivity index (χ1v) is 8.89. The summed E-state index contributed by atoms with van der Waals surface area (Å²) in [6.45, 7) is 5.31. The molecule has 1 aromatic heterocycles. The molecule has 1 N–H and O–H groups in total. The van der Waals surface area contributed by atoms with E-state index in [2.05, 4.69) is 19.2 Å². The van der Waals surface area contributed by atoms with Crippen LogP contribution < -0.4 is 5.32 Å². The van der Waals surface area contributed by atoms with Crippen molar-refractivity contribution in [3.05, 3.63) is 45.7 Å². The van der Waals surface area contributed by atoms with Crippen molar-refractivity contribution in [2.75, 3.05) is 7.05 Å². The highest BCUT2D eigenvalue weighted by Gasteiger charge is 2.12. The van der Waals surface area contributed by atoms with E-state index < -0.39 is 0 Å². The molecule has 21 heavy (non-hydrogen) atoms. The summed E-state index contributed by atoms with van der Waals surface area (Å²) in [6.07, 6.45) is 1.02. The zero-order valence-corrected chi connectivity index (χ0v) is 14.3. The highest BCUT2D eigenvalue weighted by Crippen LogP contribution is 2.28. The standard InChI is InChI=1S/C16H21FN2S2/c1-11(2)8-14-15(9-18-3)21-16(19-14)10-20-13-6-4-12(17)5-7-13/h4-7,11,18H,8-10H2,1-3H3. The van der Waals surface area contributed by atoms with E-state index in [0.29, 0.717) is 5.92 Å². The van der Waals surface area contributed by atoms with Gasteiger partial charge >= 0.3 is 0 Å². The van der Waals surface area contributed by atoms with Gasteiger partial charge < -0.3 is 5.32 Å². The monoisotopic (exact) mass is 324 g/mol. The lowest BCUT2D eigenvalue weighted by Crippen LogP contribution is -2.07. The summed E-state index contributed by atoms with van der Waals surface area (Å²) in [5.41, 5.74) is 1.22. The van der Waals surface area contributed by atoms with Crippen molar-refractivity contribution in [2.24, 2.45) is 5.92 Å². The fraction of sp³-hybridized carbons (Fsp3) is 0.438. The number of nitrogens with one attached hydrogen (secondary N) is 1. The van der Waals surface area contributed by atoms with Gasteiger partial charge in [-0.25, -0.2) is 9.37 Å². The molecule has 2 rings (SSSR count). The molecule has 0 aliphatic carbocycles. The van der Waals surface area contributed by atoms with Gasteiger partial charge in [0, 0.05) is 16.3 Å². The maximum absolute atomic E-state index is 12.9. The van der Waals surface area contributed by atoms with Gasteiger partial charge in [-0.05, 0) is 43.7 Å². The zero-order valence-electron chi connectivity index (χ0n) is 12.6. The molecule has 0 saturated carbocycles. The van der Waals surface area contributed by atoms with Gasteiger partial charge in [-0.15, -0.1) is 23.1 Å². The Kier molecular flexibility index (Phi) is 6.21. The summed E-state index contributed by atoms with van der Waals surface area (Å²) in [6, 6.07) is 6.63. The topological polar surface area (TPSA) is 24.9 Å². The van der Waals surface area contributed by atoms with E-state index >= 15 is 0 Å². The lowest BCUT2D eigenvalue weighted by atomic mass is 10.1. The number of nitrogens with zero attached hydrogens (tertiary/aromatic N) is 1. The number of aromatic nitrogens is 1. The van der Waals surface area contributed by atoms with E-state index in [1.807, 2.05) is 19.2 Å². The van der Waals surface area contributed by atoms with Crippen LogP contribution in [0.2, 0.25) is 0 Å². The maximum Gasteiger partial charge on any atom is 0.123 e. The first-order valence-electron chi connectivity index (χ1n) is 7.09. The van der Waals surface area contributed by atoms with Gasteiger partial charge in [-0.2, -0.15) is 0 Å². The van der Waals surface area contributed by atoms with Crippen molar-refractivity contribution in [2.45, 2.75) is 37.5 Å². The molecule has 0 fully saturated rings. The molecule has 114 valence electrons. The Bertz CT molecular complexity index is 564. The Morgan fingerprint density at radius 2 is 2.00 bits per heavy atom. The van der Waals surface area contributed by atoms with Crippen molar-refractivity contribution in [1.29, 1.82) is 0 Å². The van der Waals surface area contributed by atoms with Gasteiger partial charge in [0.1, 0.15) is 10.8 Å². The van der Waals surface area contributed by atoms with Crippen LogP contribution in [-0.2, 0) is 18.7 Å². The fourth-order valence-corrected chi connectivity index (χ4v) is 4.02. The number of thioether (sulfide) groups is 1. The predicted molar refractivity (Wildman–Crippen MR) is 89.4 cm³/mol. The Morgan fingerprint density at radius 3 is 2.62 bits per heavy atom. The largest absolute Gasteiger partial charge is 0.315 e. The molecular formula is C16H21FN2S2. The van der Waals surface area contributed by atoms with Crippen molar-refractivity contribution in [3.63, 3.8) is 0 Å². The number of hydrogen-bond acceptors (Lipinski definition) is 4. The lowest BCUT2D eigenvalue weighted by molar-refractivity contribution is 0.626. The van der Waals surface area contributed by atoms with Crippen LogP contribution in [0.5, 0.6) is 0 Å². The minimum Gasteiger partial charge on any atom is -0.315 e. The highest BCUT2D eigenvalue weighted by atomic mass is 32.2. The lowest BCUT2D eigenvalue weighted by Gasteiger charge is -2.03. The molecule has 1 aromatic carbocycles. The first-order chi connectivity index (χ1) is 10.1. The third kappa shape index (κ3) is 5.09. The second-order valence-corrected chi connectivity index (χ2v) is 7.57. The average Bonchev–Trinajstić information content (AvgIpc) is 2.80. The molecule has 0 aliphatic rings. The number of benzene rings is 1. The van der Waals surface area contributed by atoms with Crippen molar-refractivity contribution in [3.8, 4) is 0 Å². The van der Waals surface area contributed by atoms with Crippen LogP contribution >= 0.6 is 23.1 Å². The second-order valence-electron chi connectivity index (χ2n) is 5.35. The molecular weight excluding hydrogens is 303 g/mol. The maximum atomic E-state index is 12.9. The number of halogens is 1. The number of thiazole rings is 1. The van der Waals surface area contributed by atoms with Crippen LogP contribution in [-0.4, -0.2) is 12.0 Å². The van der Waals surface area contributed by atoms with E-state index in [1.54, 1.807) is 23.1 Å². The summed E-state index contributed by atoms with van der Waals surface area (Å²) in [5.74, 6) is 1.26. The Morgan fingerprint density at radius 1 is 1.29 bits per heavy atom. The van der Waals surface area contributed by atoms with Gasteiger partial charge in [0.25, 0.3) is 0 Å². The van der Waals surface area contributed by atoms with Crippen molar-refractivity contribution in [1.82, 2.24) is 10.3 Å². The van der Waals surface area contributed by atoms with Gasteiger partial charge in [-0.1, -0.05) is 13.8 Å². The van der Waals surface area contributed by atoms with Crippen molar-refractivity contribution < 1.29 is 4.39 Å². The molecule has 0 saturated heterocycles. The van der Waals surface area contributed by atoms with E-state index in [-0.39, 0.29) is 5.82 Å². The molecule has 2 nitrogen and oxygen atoms in total. The molecule has 0 aliphatic heterocycles. The fourth-order valence-electron chi connectivity index (χ4n) is 2.02.